The van der Waals surface area contributed by atoms with Crippen molar-refractivity contribution in [3.63, 3.8) is 0 Å². The van der Waals surface area contributed by atoms with E-state index in [0.717, 1.165) is 48.1 Å². The number of aryl methyl sites for hydroxylation is 1. The van der Waals surface area contributed by atoms with E-state index in [-0.39, 0.29) is 12.7 Å². The molecule has 1 fully saturated rings. The lowest BCUT2D eigenvalue weighted by atomic mass is 10.1. The highest BCUT2D eigenvalue weighted by Gasteiger charge is 2.23. The molecule has 0 atom stereocenters. The van der Waals surface area contributed by atoms with E-state index in [4.69, 9.17) is 9.47 Å². The van der Waals surface area contributed by atoms with Crippen molar-refractivity contribution in [2.75, 3.05) is 37.9 Å². The maximum atomic E-state index is 12.6. The number of aromatic nitrogens is 2. The van der Waals surface area contributed by atoms with Crippen molar-refractivity contribution < 1.29 is 14.3 Å². The Morgan fingerprint density at radius 2 is 1.88 bits per heavy atom. The maximum absolute atomic E-state index is 12.6. The third-order valence-electron chi connectivity index (χ3n) is 4.82. The number of nitrogens with zero attached hydrogens (tertiary/aromatic N) is 4. The summed E-state index contributed by atoms with van der Waals surface area (Å²) in [7, 11) is 0. The first-order valence-electron chi connectivity index (χ1n) is 8.95. The Morgan fingerprint density at radius 1 is 1.08 bits per heavy atom. The highest BCUT2D eigenvalue weighted by Crippen LogP contribution is 2.32. The summed E-state index contributed by atoms with van der Waals surface area (Å²) >= 11 is 0. The van der Waals surface area contributed by atoms with Crippen LogP contribution in [0.5, 0.6) is 11.5 Å². The summed E-state index contributed by atoms with van der Waals surface area (Å²) < 4.78 is 10.7. The third kappa shape index (κ3) is 3.42. The van der Waals surface area contributed by atoms with Crippen molar-refractivity contribution in [1.82, 2.24) is 14.9 Å². The van der Waals surface area contributed by atoms with Crippen LogP contribution < -0.4 is 14.4 Å². The molecular formula is C19H22N4O3. The summed E-state index contributed by atoms with van der Waals surface area (Å²) in [6.07, 6.45) is 2.89. The van der Waals surface area contributed by atoms with E-state index in [1.54, 1.807) is 6.33 Å². The molecule has 0 spiro atoms. The molecule has 136 valence electrons. The van der Waals surface area contributed by atoms with Crippen molar-refractivity contribution in [2.24, 2.45) is 0 Å². The lowest BCUT2D eigenvalue weighted by Gasteiger charge is -2.35. The molecule has 0 radical (unpaired) electrons. The number of hydrogen-bond donors (Lipinski definition) is 0. The zero-order valence-corrected chi connectivity index (χ0v) is 14.9. The summed E-state index contributed by atoms with van der Waals surface area (Å²) in [5.41, 5.74) is 1.99. The molecule has 1 amide bonds. The van der Waals surface area contributed by atoms with Gasteiger partial charge in [-0.15, -0.1) is 0 Å². The third-order valence-corrected chi connectivity index (χ3v) is 4.82. The molecule has 0 bridgehead atoms. The molecule has 0 unspecified atom stereocenters. The smallest absolute Gasteiger partial charge is 0.231 e. The molecule has 26 heavy (non-hydrogen) atoms. The number of carbonyl (C=O) groups is 1. The predicted molar refractivity (Wildman–Crippen MR) is 96.5 cm³/mol. The monoisotopic (exact) mass is 354 g/mol. The molecule has 1 aromatic carbocycles. The Morgan fingerprint density at radius 3 is 2.69 bits per heavy atom. The van der Waals surface area contributed by atoms with Gasteiger partial charge in [0.05, 0.1) is 6.42 Å². The van der Waals surface area contributed by atoms with Crippen LogP contribution in [0.25, 0.3) is 0 Å². The molecule has 2 aliphatic rings. The fourth-order valence-electron chi connectivity index (χ4n) is 3.27. The van der Waals surface area contributed by atoms with E-state index in [2.05, 4.69) is 21.8 Å². The molecule has 3 heterocycles. The van der Waals surface area contributed by atoms with E-state index >= 15 is 0 Å². The van der Waals surface area contributed by atoms with Gasteiger partial charge in [-0.3, -0.25) is 4.79 Å². The van der Waals surface area contributed by atoms with Crippen molar-refractivity contribution in [1.29, 1.82) is 0 Å². The minimum absolute atomic E-state index is 0.139. The molecule has 2 aromatic rings. The van der Waals surface area contributed by atoms with Crippen molar-refractivity contribution in [2.45, 2.75) is 19.8 Å². The summed E-state index contributed by atoms with van der Waals surface area (Å²) in [6, 6.07) is 7.71. The van der Waals surface area contributed by atoms with Gasteiger partial charge in [-0.05, 0) is 24.1 Å². The zero-order valence-electron chi connectivity index (χ0n) is 14.9. The number of ether oxygens (including phenoxy) is 2. The Balaban J connectivity index is 1.34. The minimum atomic E-state index is 0.139. The fourth-order valence-corrected chi connectivity index (χ4v) is 3.27. The first-order valence-corrected chi connectivity index (χ1v) is 8.95. The first-order chi connectivity index (χ1) is 12.7. The summed E-state index contributed by atoms with van der Waals surface area (Å²) in [5.74, 6) is 2.54. The molecule has 7 nitrogen and oxygen atoms in total. The predicted octanol–water partition coefficient (Wildman–Crippen LogP) is 1.66. The molecule has 7 heteroatoms. The summed E-state index contributed by atoms with van der Waals surface area (Å²) in [4.78, 5) is 25.4. The van der Waals surface area contributed by atoms with Gasteiger partial charge >= 0.3 is 0 Å². The van der Waals surface area contributed by atoms with Gasteiger partial charge in [-0.2, -0.15) is 0 Å². The van der Waals surface area contributed by atoms with Crippen molar-refractivity contribution in [3.8, 4) is 11.5 Å². The van der Waals surface area contributed by atoms with E-state index in [9.17, 15) is 4.79 Å². The molecule has 0 N–H and O–H groups in total. The SMILES string of the molecule is CCc1cc(N2CCN(C(=O)Cc3ccc4c(c3)OCO4)CC2)ncn1. The molecule has 1 saturated heterocycles. The van der Waals surface area contributed by atoms with Crippen molar-refractivity contribution >= 4 is 11.7 Å². The van der Waals surface area contributed by atoms with E-state index in [0.29, 0.717) is 19.5 Å². The van der Waals surface area contributed by atoms with Gasteiger partial charge in [0, 0.05) is 37.9 Å². The fraction of sp³-hybridized carbons (Fsp3) is 0.421. The van der Waals surface area contributed by atoms with Crippen LogP contribution in [0, 0.1) is 0 Å². The first kappa shape index (κ1) is 16.6. The van der Waals surface area contributed by atoms with Gasteiger partial charge in [-0.25, -0.2) is 9.97 Å². The second-order valence-corrected chi connectivity index (χ2v) is 6.45. The largest absolute Gasteiger partial charge is 0.454 e. The van der Waals surface area contributed by atoms with E-state index in [1.807, 2.05) is 29.2 Å². The summed E-state index contributed by atoms with van der Waals surface area (Å²) in [6.45, 7) is 5.31. The van der Waals surface area contributed by atoms with Gasteiger partial charge in [0.1, 0.15) is 12.1 Å². The number of amides is 1. The number of piperazine rings is 1. The van der Waals surface area contributed by atoms with Crippen LogP contribution in [-0.4, -0.2) is 53.7 Å². The molecule has 0 aliphatic carbocycles. The lowest BCUT2D eigenvalue weighted by molar-refractivity contribution is -0.130. The zero-order chi connectivity index (χ0) is 17.9. The minimum Gasteiger partial charge on any atom is -0.454 e. The standard InChI is InChI=1S/C19H22N4O3/c1-2-15-11-18(21-12-20-15)22-5-7-23(8-6-22)19(24)10-14-3-4-16-17(9-14)26-13-25-16/h3-4,9,11-12H,2,5-8,10,13H2,1H3. The second kappa shape index (κ2) is 7.19. The average Bonchev–Trinajstić information content (AvgIpc) is 3.16. The maximum Gasteiger partial charge on any atom is 0.231 e. The van der Waals surface area contributed by atoms with Crippen LogP contribution in [0.4, 0.5) is 5.82 Å². The molecule has 1 aromatic heterocycles. The van der Waals surface area contributed by atoms with Crippen LogP contribution in [-0.2, 0) is 17.6 Å². The number of carbonyl (C=O) groups excluding carboxylic acids is 1. The quantitative estimate of drug-likeness (QED) is 0.832. The second-order valence-electron chi connectivity index (χ2n) is 6.45. The highest BCUT2D eigenvalue weighted by molar-refractivity contribution is 5.79. The van der Waals surface area contributed by atoms with Crippen LogP contribution in [0.2, 0.25) is 0 Å². The van der Waals surface area contributed by atoms with E-state index < -0.39 is 0 Å². The Kier molecular flexibility index (Phi) is 4.60. The molecule has 4 rings (SSSR count). The van der Waals surface area contributed by atoms with Crippen LogP contribution in [0.3, 0.4) is 0 Å². The number of fused-ring (bicyclic) bond motifs is 1. The average molecular weight is 354 g/mol. The molecule has 2 aliphatic heterocycles. The number of hydrogen-bond acceptors (Lipinski definition) is 6. The van der Waals surface area contributed by atoms with Gasteiger partial charge in [0.15, 0.2) is 11.5 Å². The van der Waals surface area contributed by atoms with Gasteiger partial charge in [0.2, 0.25) is 12.7 Å². The number of rotatable bonds is 4. The van der Waals surface area contributed by atoms with Crippen molar-refractivity contribution in [3.05, 3.63) is 41.9 Å². The lowest BCUT2D eigenvalue weighted by Crippen LogP contribution is -2.49. The van der Waals surface area contributed by atoms with Crippen LogP contribution in [0.1, 0.15) is 18.2 Å². The number of benzene rings is 1. The van der Waals surface area contributed by atoms with Gasteiger partial charge in [0.25, 0.3) is 0 Å². The Labute approximate surface area is 152 Å². The van der Waals surface area contributed by atoms with Crippen LogP contribution >= 0.6 is 0 Å². The normalized spacial score (nSPS) is 16.0. The van der Waals surface area contributed by atoms with Crippen LogP contribution in [0.15, 0.2) is 30.6 Å². The van der Waals surface area contributed by atoms with Gasteiger partial charge < -0.3 is 19.3 Å². The van der Waals surface area contributed by atoms with E-state index in [1.165, 1.54) is 0 Å². The molecular weight excluding hydrogens is 332 g/mol. The molecule has 0 saturated carbocycles. The Hall–Kier alpha value is -2.83. The number of anilines is 1. The topological polar surface area (TPSA) is 67.8 Å². The highest BCUT2D eigenvalue weighted by atomic mass is 16.7. The Bertz CT molecular complexity index is 803. The summed E-state index contributed by atoms with van der Waals surface area (Å²) in [5, 5.41) is 0. The van der Waals surface area contributed by atoms with Gasteiger partial charge in [-0.1, -0.05) is 13.0 Å².